The Hall–Kier alpha value is -2.80. The van der Waals surface area contributed by atoms with Gasteiger partial charge in [-0.25, -0.2) is 4.98 Å². The summed E-state index contributed by atoms with van der Waals surface area (Å²) in [6.07, 6.45) is 0.633. The van der Waals surface area contributed by atoms with Crippen LogP contribution in [0.5, 0.6) is 5.75 Å². The lowest BCUT2D eigenvalue weighted by Gasteiger charge is -2.13. The zero-order valence-electron chi connectivity index (χ0n) is 13.4. The topological polar surface area (TPSA) is 126 Å². The highest BCUT2D eigenvalue weighted by atomic mass is 35.5. The van der Waals surface area contributed by atoms with E-state index in [2.05, 4.69) is 15.0 Å². The molecule has 0 radical (unpaired) electrons. The van der Waals surface area contributed by atoms with E-state index in [0.29, 0.717) is 29.1 Å². The molecule has 0 fully saturated rings. The number of aryl methyl sites for hydroxylation is 1. The molecule has 1 aromatic carbocycles. The second-order valence-electron chi connectivity index (χ2n) is 5.29. The van der Waals surface area contributed by atoms with Gasteiger partial charge < -0.3 is 21.9 Å². The van der Waals surface area contributed by atoms with Crippen LogP contribution in [0.2, 0.25) is 0 Å². The Kier molecular flexibility index (Phi) is 4.94. The lowest BCUT2D eigenvalue weighted by Crippen LogP contribution is -2.08. The standard InChI is InChI=1S/C16H18N6O.ClH/c1-8-11(7-9-3-5-10(23-2)6-4-9)13(17)20-15-12(8)14(18)21-16(19)22-15;/h3-6H,7H2,1-2H3,(H6,17,18,19,20,21,22);1H. The lowest BCUT2D eigenvalue weighted by atomic mass is 9.99. The molecule has 0 amide bonds. The minimum Gasteiger partial charge on any atom is -0.497 e. The van der Waals surface area contributed by atoms with E-state index in [1.807, 2.05) is 31.2 Å². The summed E-state index contributed by atoms with van der Waals surface area (Å²) in [6, 6.07) is 7.80. The van der Waals surface area contributed by atoms with Gasteiger partial charge in [0.05, 0.1) is 12.5 Å². The Balaban J connectivity index is 0.00000208. The summed E-state index contributed by atoms with van der Waals surface area (Å²) in [5.74, 6) is 1.63. The zero-order valence-corrected chi connectivity index (χ0v) is 14.2. The molecule has 0 aliphatic rings. The fourth-order valence-electron chi connectivity index (χ4n) is 2.62. The first kappa shape index (κ1) is 17.6. The van der Waals surface area contributed by atoms with Gasteiger partial charge in [0.25, 0.3) is 0 Å². The van der Waals surface area contributed by atoms with Crippen LogP contribution in [-0.2, 0) is 6.42 Å². The van der Waals surface area contributed by atoms with Crippen molar-refractivity contribution >= 4 is 41.0 Å². The van der Waals surface area contributed by atoms with Gasteiger partial charge in [-0.1, -0.05) is 12.1 Å². The molecule has 0 unspecified atom stereocenters. The predicted molar refractivity (Wildman–Crippen MR) is 98.4 cm³/mol. The molecule has 0 aliphatic heterocycles. The first-order chi connectivity index (χ1) is 11.0. The fourth-order valence-corrected chi connectivity index (χ4v) is 2.62. The first-order valence-corrected chi connectivity index (χ1v) is 7.10. The number of rotatable bonds is 3. The van der Waals surface area contributed by atoms with Crippen molar-refractivity contribution in [3.63, 3.8) is 0 Å². The Morgan fingerprint density at radius 3 is 2.25 bits per heavy atom. The number of fused-ring (bicyclic) bond motifs is 1. The number of nitrogens with two attached hydrogens (primary N) is 3. The smallest absolute Gasteiger partial charge is 0.224 e. The van der Waals surface area contributed by atoms with Crippen LogP contribution in [-0.4, -0.2) is 22.1 Å². The third-order valence-electron chi connectivity index (χ3n) is 3.84. The molecule has 0 aliphatic carbocycles. The average molecular weight is 347 g/mol. The molecule has 0 atom stereocenters. The highest BCUT2D eigenvalue weighted by Crippen LogP contribution is 2.29. The number of halogens is 1. The molecule has 2 heterocycles. The van der Waals surface area contributed by atoms with E-state index in [1.54, 1.807) is 7.11 Å². The Morgan fingerprint density at radius 1 is 0.958 bits per heavy atom. The SMILES string of the molecule is COc1ccc(Cc2c(N)nc3nc(N)nc(N)c3c2C)cc1.Cl. The third kappa shape index (κ3) is 3.11. The van der Waals surface area contributed by atoms with E-state index in [-0.39, 0.29) is 18.4 Å². The van der Waals surface area contributed by atoms with Crippen molar-refractivity contribution in [2.75, 3.05) is 24.3 Å². The summed E-state index contributed by atoms with van der Waals surface area (Å²) >= 11 is 0. The van der Waals surface area contributed by atoms with Crippen molar-refractivity contribution < 1.29 is 4.74 Å². The maximum atomic E-state index is 6.11. The molecular weight excluding hydrogens is 328 g/mol. The number of anilines is 3. The van der Waals surface area contributed by atoms with Crippen molar-refractivity contribution in [1.82, 2.24) is 15.0 Å². The number of pyridine rings is 1. The second kappa shape index (κ2) is 6.76. The quantitative estimate of drug-likeness (QED) is 0.662. The van der Waals surface area contributed by atoms with E-state index in [1.165, 1.54) is 0 Å². The van der Waals surface area contributed by atoms with Crippen LogP contribution in [0.15, 0.2) is 24.3 Å². The molecule has 3 rings (SSSR count). The van der Waals surface area contributed by atoms with Crippen LogP contribution in [0.3, 0.4) is 0 Å². The van der Waals surface area contributed by atoms with E-state index in [0.717, 1.165) is 22.4 Å². The summed E-state index contributed by atoms with van der Waals surface area (Å²) < 4.78 is 5.17. The van der Waals surface area contributed by atoms with Crippen molar-refractivity contribution in [1.29, 1.82) is 0 Å². The number of ether oxygens (including phenoxy) is 1. The summed E-state index contributed by atoms with van der Waals surface area (Å²) in [6.45, 7) is 1.94. The second-order valence-corrected chi connectivity index (χ2v) is 5.29. The Bertz CT molecular complexity index is 882. The van der Waals surface area contributed by atoms with Crippen molar-refractivity contribution in [3.8, 4) is 5.75 Å². The van der Waals surface area contributed by atoms with Crippen LogP contribution in [0.25, 0.3) is 11.0 Å². The number of nitrogen functional groups attached to an aromatic ring is 3. The molecule has 6 N–H and O–H groups in total. The first-order valence-electron chi connectivity index (χ1n) is 7.10. The maximum absolute atomic E-state index is 6.11. The van der Waals surface area contributed by atoms with E-state index in [9.17, 15) is 0 Å². The summed E-state index contributed by atoms with van der Waals surface area (Å²) in [5, 5.41) is 0.692. The zero-order chi connectivity index (χ0) is 16.6. The average Bonchev–Trinajstić information content (AvgIpc) is 2.51. The molecule has 8 heteroatoms. The van der Waals surface area contributed by atoms with Gasteiger partial charge in [0.1, 0.15) is 17.4 Å². The molecule has 0 bridgehead atoms. The van der Waals surface area contributed by atoms with E-state index < -0.39 is 0 Å². The van der Waals surface area contributed by atoms with Gasteiger partial charge >= 0.3 is 0 Å². The van der Waals surface area contributed by atoms with E-state index >= 15 is 0 Å². The molecule has 0 saturated heterocycles. The third-order valence-corrected chi connectivity index (χ3v) is 3.84. The lowest BCUT2D eigenvalue weighted by molar-refractivity contribution is 0.414. The molecule has 2 aromatic heterocycles. The van der Waals surface area contributed by atoms with Crippen LogP contribution in [0.1, 0.15) is 16.7 Å². The monoisotopic (exact) mass is 346 g/mol. The molecule has 0 saturated carbocycles. The van der Waals surface area contributed by atoms with Gasteiger partial charge in [-0.15, -0.1) is 12.4 Å². The minimum absolute atomic E-state index is 0. The van der Waals surface area contributed by atoms with Gasteiger partial charge in [0.2, 0.25) is 5.95 Å². The summed E-state index contributed by atoms with van der Waals surface area (Å²) in [7, 11) is 1.64. The maximum Gasteiger partial charge on any atom is 0.224 e. The summed E-state index contributed by atoms with van der Waals surface area (Å²) in [4.78, 5) is 12.4. The van der Waals surface area contributed by atoms with Crippen molar-refractivity contribution in [3.05, 3.63) is 41.0 Å². The van der Waals surface area contributed by atoms with Gasteiger partial charge in [-0.3, -0.25) is 0 Å². The predicted octanol–water partition coefficient (Wildman–Crippen LogP) is 2.10. The molecule has 126 valence electrons. The number of hydrogen-bond donors (Lipinski definition) is 3. The van der Waals surface area contributed by atoms with Gasteiger partial charge in [-0.05, 0) is 30.2 Å². The largest absolute Gasteiger partial charge is 0.497 e. The van der Waals surface area contributed by atoms with Gasteiger partial charge in [0, 0.05) is 12.0 Å². The Labute approximate surface area is 145 Å². The molecular formula is C16H19ClN6O. The molecule has 0 spiro atoms. The normalized spacial score (nSPS) is 10.4. The Morgan fingerprint density at radius 2 is 1.62 bits per heavy atom. The van der Waals surface area contributed by atoms with Crippen molar-refractivity contribution in [2.45, 2.75) is 13.3 Å². The summed E-state index contributed by atoms with van der Waals surface area (Å²) in [5.41, 5.74) is 21.0. The number of nitrogens with zero attached hydrogens (tertiary/aromatic N) is 3. The van der Waals surface area contributed by atoms with Crippen LogP contribution >= 0.6 is 12.4 Å². The number of benzene rings is 1. The minimum atomic E-state index is 0. The van der Waals surface area contributed by atoms with Crippen LogP contribution in [0.4, 0.5) is 17.6 Å². The van der Waals surface area contributed by atoms with Gasteiger partial charge in [0.15, 0.2) is 5.65 Å². The number of hydrogen-bond acceptors (Lipinski definition) is 7. The van der Waals surface area contributed by atoms with Gasteiger partial charge in [-0.2, -0.15) is 9.97 Å². The number of methoxy groups -OCH3 is 1. The fraction of sp³-hybridized carbons (Fsp3) is 0.188. The molecule has 7 nitrogen and oxygen atoms in total. The van der Waals surface area contributed by atoms with Crippen LogP contribution < -0.4 is 21.9 Å². The van der Waals surface area contributed by atoms with Crippen LogP contribution in [0, 0.1) is 6.92 Å². The van der Waals surface area contributed by atoms with E-state index in [4.69, 9.17) is 21.9 Å². The highest BCUT2D eigenvalue weighted by Gasteiger charge is 2.15. The molecule has 24 heavy (non-hydrogen) atoms. The highest BCUT2D eigenvalue weighted by molar-refractivity contribution is 5.91. The number of aromatic nitrogens is 3. The molecule has 3 aromatic rings. The van der Waals surface area contributed by atoms with Crippen molar-refractivity contribution in [2.24, 2.45) is 0 Å².